The number of aliphatic hydroxyl groups is 3. The number of hydrogen-bond donors (Lipinski definition) is 3. The summed E-state index contributed by atoms with van der Waals surface area (Å²) in [5.74, 6) is 1.05. The van der Waals surface area contributed by atoms with E-state index in [0.29, 0.717) is 31.7 Å². The van der Waals surface area contributed by atoms with Gasteiger partial charge in [-0.15, -0.1) is 0 Å². The molecule has 0 atom stereocenters. The predicted octanol–water partition coefficient (Wildman–Crippen LogP) is 0.793. The van der Waals surface area contributed by atoms with E-state index in [2.05, 4.69) is 0 Å². The maximum Gasteiger partial charge on any atom is 0.0563 e. The molecule has 0 saturated heterocycles. The van der Waals surface area contributed by atoms with Crippen molar-refractivity contribution < 1.29 is 20.1 Å². The van der Waals surface area contributed by atoms with Crippen LogP contribution in [0.4, 0.5) is 0 Å². The minimum atomic E-state index is -0.525. The third kappa shape index (κ3) is 4.92. The van der Waals surface area contributed by atoms with Crippen LogP contribution in [0.1, 0.15) is 32.6 Å². The van der Waals surface area contributed by atoms with Crippen LogP contribution >= 0.6 is 0 Å². The van der Waals surface area contributed by atoms with E-state index >= 15 is 0 Å². The molecule has 0 aliphatic heterocycles. The van der Waals surface area contributed by atoms with E-state index in [-0.39, 0.29) is 13.2 Å². The van der Waals surface area contributed by atoms with E-state index in [1.807, 2.05) is 6.92 Å². The minimum Gasteiger partial charge on any atom is -0.396 e. The highest BCUT2D eigenvalue weighted by Crippen LogP contribution is 2.28. The molecule has 0 unspecified atom stereocenters. The number of aliphatic hydroxyl groups excluding tert-OH is 3. The van der Waals surface area contributed by atoms with E-state index in [1.165, 1.54) is 0 Å². The van der Waals surface area contributed by atoms with Gasteiger partial charge in [-0.2, -0.15) is 0 Å². The van der Waals surface area contributed by atoms with Crippen molar-refractivity contribution in [3.8, 4) is 0 Å². The molecule has 1 rings (SSSR count). The molecule has 0 aromatic carbocycles. The molecule has 0 amide bonds. The van der Waals surface area contributed by atoms with Gasteiger partial charge in [0, 0.05) is 18.6 Å². The second kappa shape index (κ2) is 7.31. The zero-order valence-electron chi connectivity index (χ0n) is 10.8. The molecule has 0 aromatic rings. The molecular weight excluding hydrogens is 220 g/mol. The highest BCUT2D eigenvalue weighted by Gasteiger charge is 2.25. The van der Waals surface area contributed by atoms with Crippen LogP contribution in [0, 0.1) is 17.3 Å². The van der Waals surface area contributed by atoms with Gasteiger partial charge in [-0.1, -0.05) is 6.92 Å². The van der Waals surface area contributed by atoms with E-state index < -0.39 is 5.41 Å². The van der Waals surface area contributed by atoms with Crippen molar-refractivity contribution in [3.63, 3.8) is 0 Å². The average molecular weight is 246 g/mol. The molecular formula is C13H26O4. The predicted molar refractivity (Wildman–Crippen MR) is 65.6 cm³/mol. The third-order valence-electron chi connectivity index (χ3n) is 3.79. The first-order valence-corrected chi connectivity index (χ1v) is 6.54. The van der Waals surface area contributed by atoms with E-state index in [4.69, 9.17) is 20.1 Å². The Hall–Kier alpha value is -0.160. The van der Waals surface area contributed by atoms with Gasteiger partial charge in [0.1, 0.15) is 0 Å². The van der Waals surface area contributed by atoms with E-state index in [9.17, 15) is 0 Å². The Balaban J connectivity index is 2.15. The maximum absolute atomic E-state index is 9.12. The van der Waals surface area contributed by atoms with Crippen molar-refractivity contribution in [1.29, 1.82) is 0 Å². The van der Waals surface area contributed by atoms with Gasteiger partial charge in [-0.25, -0.2) is 0 Å². The van der Waals surface area contributed by atoms with Crippen molar-refractivity contribution in [3.05, 3.63) is 0 Å². The smallest absolute Gasteiger partial charge is 0.0563 e. The number of rotatable bonds is 7. The molecule has 0 bridgehead atoms. The van der Waals surface area contributed by atoms with Crippen LogP contribution in [0.5, 0.6) is 0 Å². The van der Waals surface area contributed by atoms with Crippen LogP contribution in [0.15, 0.2) is 0 Å². The maximum atomic E-state index is 9.12. The van der Waals surface area contributed by atoms with Crippen LogP contribution in [0.25, 0.3) is 0 Å². The largest absolute Gasteiger partial charge is 0.396 e. The van der Waals surface area contributed by atoms with Gasteiger partial charge in [0.05, 0.1) is 19.8 Å². The SMILES string of the molecule is CC(CO)(CO)COCC1CCC(CO)CC1. The Morgan fingerprint density at radius 2 is 1.53 bits per heavy atom. The quantitative estimate of drug-likeness (QED) is 0.621. The monoisotopic (exact) mass is 246 g/mol. The molecule has 0 spiro atoms. The molecule has 3 N–H and O–H groups in total. The first kappa shape index (κ1) is 14.9. The summed E-state index contributed by atoms with van der Waals surface area (Å²) in [5, 5.41) is 27.3. The fourth-order valence-corrected chi connectivity index (χ4v) is 2.19. The summed E-state index contributed by atoms with van der Waals surface area (Å²) in [6.07, 6.45) is 4.39. The van der Waals surface area contributed by atoms with Gasteiger partial charge in [0.15, 0.2) is 0 Å². The zero-order chi connectivity index (χ0) is 12.7. The standard InChI is InChI=1S/C13H26O4/c1-13(8-15,9-16)10-17-7-12-4-2-11(6-14)3-5-12/h11-12,14-16H,2-10H2,1H3. The van der Waals surface area contributed by atoms with Crippen molar-refractivity contribution >= 4 is 0 Å². The summed E-state index contributed by atoms with van der Waals surface area (Å²) in [6.45, 7) is 3.12. The second-order valence-corrected chi connectivity index (χ2v) is 5.71. The van der Waals surface area contributed by atoms with Gasteiger partial charge in [-0.05, 0) is 37.5 Å². The lowest BCUT2D eigenvalue weighted by Crippen LogP contribution is -2.32. The molecule has 1 aliphatic carbocycles. The van der Waals surface area contributed by atoms with Gasteiger partial charge >= 0.3 is 0 Å². The van der Waals surface area contributed by atoms with Gasteiger partial charge in [0.25, 0.3) is 0 Å². The molecule has 1 saturated carbocycles. The zero-order valence-corrected chi connectivity index (χ0v) is 10.8. The Bertz CT molecular complexity index is 196. The molecule has 0 radical (unpaired) electrons. The molecule has 1 fully saturated rings. The number of ether oxygens (including phenoxy) is 1. The van der Waals surface area contributed by atoms with E-state index in [1.54, 1.807) is 0 Å². The van der Waals surface area contributed by atoms with Gasteiger partial charge in [0.2, 0.25) is 0 Å². The minimum absolute atomic E-state index is 0.0548. The lowest BCUT2D eigenvalue weighted by atomic mass is 9.83. The Kier molecular flexibility index (Phi) is 6.41. The Labute approximate surface area is 104 Å². The fraction of sp³-hybridized carbons (Fsp3) is 1.00. The first-order valence-electron chi connectivity index (χ1n) is 6.54. The van der Waals surface area contributed by atoms with Crippen LogP contribution in [0.3, 0.4) is 0 Å². The molecule has 17 heavy (non-hydrogen) atoms. The second-order valence-electron chi connectivity index (χ2n) is 5.71. The average Bonchev–Trinajstić information content (AvgIpc) is 2.39. The molecule has 102 valence electrons. The first-order chi connectivity index (χ1) is 8.13. The Morgan fingerprint density at radius 3 is 2.00 bits per heavy atom. The summed E-state index contributed by atoms with van der Waals surface area (Å²) in [4.78, 5) is 0. The van der Waals surface area contributed by atoms with Crippen LogP contribution in [-0.4, -0.2) is 48.4 Å². The van der Waals surface area contributed by atoms with Crippen LogP contribution < -0.4 is 0 Å². The molecule has 0 aromatic heterocycles. The topological polar surface area (TPSA) is 69.9 Å². The van der Waals surface area contributed by atoms with Crippen molar-refractivity contribution in [1.82, 2.24) is 0 Å². The molecule has 0 heterocycles. The third-order valence-corrected chi connectivity index (χ3v) is 3.79. The highest BCUT2D eigenvalue weighted by molar-refractivity contribution is 4.74. The van der Waals surface area contributed by atoms with Crippen molar-refractivity contribution in [2.24, 2.45) is 17.3 Å². The molecule has 4 heteroatoms. The highest BCUT2D eigenvalue weighted by atomic mass is 16.5. The van der Waals surface area contributed by atoms with Crippen molar-refractivity contribution in [2.75, 3.05) is 33.0 Å². The molecule has 4 nitrogen and oxygen atoms in total. The van der Waals surface area contributed by atoms with Crippen LogP contribution in [-0.2, 0) is 4.74 Å². The summed E-state index contributed by atoms with van der Waals surface area (Å²) in [5.41, 5.74) is -0.525. The van der Waals surface area contributed by atoms with Crippen LogP contribution in [0.2, 0.25) is 0 Å². The fourth-order valence-electron chi connectivity index (χ4n) is 2.19. The summed E-state index contributed by atoms with van der Waals surface area (Å²) in [6, 6.07) is 0. The lowest BCUT2D eigenvalue weighted by molar-refractivity contribution is -0.0307. The van der Waals surface area contributed by atoms with E-state index in [0.717, 1.165) is 25.7 Å². The number of hydrogen-bond acceptors (Lipinski definition) is 4. The summed E-state index contributed by atoms with van der Waals surface area (Å²) in [7, 11) is 0. The summed E-state index contributed by atoms with van der Waals surface area (Å²) < 4.78 is 5.61. The normalized spacial score (nSPS) is 26.1. The van der Waals surface area contributed by atoms with Gasteiger partial charge < -0.3 is 20.1 Å². The molecule has 1 aliphatic rings. The lowest BCUT2D eigenvalue weighted by Gasteiger charge is -2.29. The van der Waals surface area contributed by atoms with Gasteiger partial charge in [-0.3, -0.25) is 0 Å². The van der Waals surface area contributed by atoms with Crippen molar-refractivity contribution in [2.45, 2.75) is 32.6 Å². The Morgan fingerprint density at radius 1 is 1.00 bits per heavy atom. The summed E-state index contributed by atoms with van der Waals surface area (Å²) >= 11 is 0.